The largest absolute Gasteiger partial charge is 0.472 e. The molecule has 65 heavy (non-hydrogen) atoms. The fourth-order valence-corrected chi connectivity index (χ4v) is 7.22. The summed E-state index contributed by atoms with van der Waals surface area (Å²) in [6.45, 7) is 4.69. The van der Waals surface area contributed by atoms with E-state index in [0.29, 0.717) is 30.3 Å². The predicted molar refractivity (Wildman–Crippen MR) is 281 cm³/mol. The summed E-state index contributed by atoms with van der Waals surface area (Å²) in [5.41, 5.74) is 0. The van der Waals surface area contributed by atoms with Gasteiger partial charge in [-0.25, -0.2) is 4.57 Å². The van der Waals surface area contributed by atoms with E-state index < -0.39 is 20.0 Å². The number of aliphatic hydroxyl groups excluding tert-OH is 1. The molecule has 0 rings (SSSR count). The van der Waals surface area contributed by atoms with Crippen LogP contribution in [0.5, 0.6) is 0 Å². The number of amides is 1. The smallest absolute Gasteiger partial charge is 0.391 e. The number of likely N-dealkylation sites (N-methyl/N-ethyl adjacent to an activating group) is 1. The average molecular weight is 924 g/mol. The van der Waals surface area contributed by atoms with E-state index in [0.717, 1.165) is 96.3 Å². The number of quaternary nitrogens is 1. The van der Waals surface area contributed by atoms with Gasteiger partial charge in [-0.05, 0) is 89.9 Å². The second-order valence-corrected chi connectivity index (χ2v) is 19.3. The van der Waals surface area contributed by atoms with Crippen LogP contribution in [0, 0.1) is 0 Å². The third kappa shape index (κ3) is 48.6. The van der Waals surface area contributed by atoms with Crippen molar-refractivity contribution < 1.29 is 32.9 Å². The van der Waals surface area contributed by atoms with E-state index in [1.54, 1.807) is 0 Å². The molecule has 0 aliphatic rings. The van der Waals surface area contributed by atoms with Crippen LogP contribution in [0.15, 0.2) is 122 Å². The van der Waals surface area contributed by atoms with Gasteiger partial charge in [0.1, 0.15) is 13.2 Å². The van der Waals surface area contributed by atoms with Crippen molar-refractivity contribution in [1.29, 1.82) is 0 Å². The third-order valence-electron chi connectivity index (χ3n) is 10.5. The zero-order valence-corrected chi connectivity index (χ0v) is 42.8. The number of carbonyl (C=O) groups excluding carboxylic acids is 1. The van der Waals surface area contributed by atoms with Crippen molar-refractivity contribution in [2.75, 3.05) is 40.9 Å². The Morgan fingerprint density at radius 2 is 0.923 bits per heavy atom. The molecule has 1 amide bonds. The molecule has 0 aromatic heterocycles. The molecule has 0 aromatic carbocycles. The quantitative estimate of drug-likeness (QED) is 0.0243. The van der Waals surface area contributed by atoms with Crippen molar-refractivity contribution in [3.05, 3.63) is 122 Å². The number of allylic oxidation sites excluding steroid dienone is 20. The number of hydrogen-bond acceptors (Lipinski definition) is 5. The normalized spacial score (nSPS) is 15.1. The van der Waals surface area contributed by atoms with Crippen LogP contribution in [0.25, 0.3) is 0 Å². The maximum Gasteiger partial charge on any atom is 0.472 e. The minimum Gasteiger partial charge on any atom is -0.391 e. The first-order valence-corrected chi connectivity index (χ1v) is 26.9. The van der Waals surface area contributed by atoms with E-state index in [4.69, 9.17) is 9.05 Å². The molecule has 0 fully saturated rings. The number of phosphoric acid groups is 1. The van der Waals surface area contributed by atoms with Crippen LogP contribution in [-0.4, -0.2) is 73.4 Å². The van der Waals surface area contributed by atoms with E-state index in [9.17, 15) is 19.4 Å². The number of aliphatic hydroxyl groups is 1. The minimum atomic E-state index is -4.33. The monoisotopic (exact) mass is 924 g/mol. The van der Waals surface area contributed by atoms with Gasteiger partial charge in [-0.1, -0.05) is 200 Å². The molecule has 0 saturated carbocycles. The number of phosphoric ester groups is 1. The standard InChI is InChI=1S/C56H95N2O6P/c1-6-8-10-12-14-16-18-19-20-21-22-23-24-25-26-27-28-29-30-31-32-33-34-35-36-37-38-39-40-42-44-46-48-50-56(60)57-54(53-64-65(61,62)63-52-51-58(3,4)5)55(59)49-47-45-43-41-17-15-13-11-9-7-2/h8,10,14,16,19-20,22-23,25-26,28-29,31-32,34-35,37-38,40,42,54-55,59H,6-7,9,11-13,15,17-18,21,24,27,30,33,36,39,41,43-53H2,1-5H3,(H-,57,60,61,62)/p+1/b10-8-,16-14-,20-19-,23-22-,26-25-,29-28-,32-31-,35-34-,38-37-,42-40-. The second kappa shape index (κ2) is 46.0. The first-order valence-electron chi connectivity index (χ1n) is 25.4. The van der Waals surface area contributed by atoms with Gasteiger partial charge < -0.3 is 19.8 Å². The van der Waals surface area contributed by atoms with Crippen molar-refractivity contribution in [2.24, 2.45) is 0 Å². The van der Waals surface area contributed by atoms with Crippen LogP contribution in [-0.2, 0) is 18.4 Å². The van der Waals surface area contributed by atoms with Gasteiger partial charge in [0, 0.05) is 6.42 Å². The maximum absolute atomic E-state index is 12.9. The zero-order chi connectivity index (χ0) is 47.8. The summed E-state index contributed by atoms with van der Waals surface area (Å²) < 4.78 is 23.6. The van der Waals surface area contributed by atoms with Crippen LogP contribution < -0.4 is 5.32 Å². The van der Waals surface area contributed by atoms with Crippen molar-refractivity contribution in [3.63, 3.8) is 0 Å². The average Bonchev–Trinajstić information content (AvgIpc) is 3.26. The Kier molecular flexibility index (Phi) is 43.8. The summed E-state index contributed by atoms with van der Waals surface area (Å²) in [7, 11) is 1.56. The molecule has 9 heteroatoms. The summed E-state index contributed by atoms with van der Waals surface area (Å²) in [6.07, 6.45) is 68.2. The van der Waals surface area contributed by atoms with E-state index in [-0.39, 0.29) is 19.1 Å². The summed E-state index contributed by atoms with van der Waals surface area (Å²) >= 11 is 0. The topological polar surface area (TPSA) is 105 Å². The number of unbranched alkanes of at least 4 members (excludes halogenated alkanes) is 11. The number of rotatable bonds is 44. The lowest BCUT2D eigenvalue weighted by Gasteiger charge is -2.26. The Balaban J connectivity index is 4.27. The zero-order valence-electron chi connectivity index (χ0n) is 41.9. The summed E-state index contributed by atoms with van der Waals surface area (Å²) in [5.74, 6) is -0.195. The van der Waals surface area contributed by atoms with Crippen LogP contribution in [0.1, 0.15) is 174 Å². The molecule has 0 radical (unpaired) electrons. The predicted octanol–water partition coefficient (Wildman–Crippen LogP) is 15.0. The molecule has 0 aliphatic heterocycles. The van der Waals surface area contributed by atoms with Gasteiger partial charge in [0.25, 0.3) is 0 Å². The molecular weight excluding hydrogens is 828 g/mol. The lowest BCUT2D eigenvalue weighted by Crippen LogP contribution is -2.46. The number of nitrogens with zero attached hydrogens (tertiary/aromatic N) is 1. The highest BCUT2D eigenvalue weighted by molar-refractivity contribution is 7.47. The van der Waals surface area contributed by atoms with Gasteiger partial charge in [0.15, 0.2) is 0 Å². The van der Waals surface area contributed by atoms with Gasteiger partial charge >= 0.3 is 7.82 Å². The maximum atomic E-state index is 12.9. The third-order valence-corrected chi connectivity index (χ3v) is 11.5. The molecule has 3 N–H and O–H groups in total. The Hall–Kier alpha value is -3.10. The fourth-order valence-electron chi connectivity index (χ4n) is 6.48. The molecule has 3 unspecified atom stereocenters. The first kappa shape index (κ1) is 61.9. The molecule has 3 atom stereocenters. The number of hydrogen-bond donors (Lipinski definition) is 3. The second-order valence-electron chi connectivity index (χ2n) is 17.8. The molecule has 0 heterocycles. The van der Waals surface area contributed by atoms with E-state index in [1.807, 2.05) is 21.1 Å². The molecule has 370 valence electrons. The Morgan fingerprint density at radius 1 is 0.538 bits per heavy atom. The Morgan fingerprint density at radius 3 is 1.32 bits per heavy atom. The van der Waals surface area contributed by atoms with E-state index in [2.05, 4.69) is 141 Å². The van der Waals surface area contributed by atoms with Gasteiger partial charge in [0.2, 0.25) is 5.91 Å². The molecule has 0 spiro atoms. The van der Waals surface area contributed by atoms with Gasteiger partial charge in [-0.15, -0.1) is 0 Å². The molecular formula is C56H96N2O6P+. The summed E-state index contributed by atoms with van der Waals surface area (Å²) in [4.78, 5) is 23.1. The highest BCUT2D eigenvalue weighted by Gasteiger charge is 2.28. The van der Waals surface area contributed by atoms with E-state index >= 15 is 0 Å². The van der Waals surface area contributed by atoms with Crippen LogP contribution in [0.4, 0.5) is 0 Å². The van der Waals surface area contributed by atoms with Crippen molar-refractivity contribution >= 4 is 13.7 Å². The number of carbonyl (C=O) groups is 1. The first-order chi connectivity index (χ1) is 31.5. The summed E-state index contributed by atoms with van der Waals surface area (Å²) in [5, 5.41) is 13.9. The number of nitrogens with one attached hydrogen (secondary N) is 1. The fraction of sp³-hybridized carbons (Fsp3) is 0.625. The molecule has 0 aromatic rings. The van der Waals surface area contributed by atoms with E-state index in [1.165, 1.54) is 44.9 Å². The molecule has 0 bridgehead atoms. The SMILES string of the molecule is CC/C=C\C/C=C\C/C=C\C/C=C\C/C=C\C/C=C\C/C=C\C/C=C\C/C=C\C/C=C\CCCCC(=O)NC(COP(=O)(O)OCC[N+](C)(C)C)C(O)CCCCCCCCCCCC. The van der Waals surface area contributed by atoms with Gasteiger partial charge in [0.05, 0.1) is 39.9 Å². The highest BCUT2D eigenvalue weighted by Crippen LogP contribution is 2.43. The highest BCUT2D eigenvalue weighted by atomic mass is 31.2. The van der Waals surface area contributed by atoms with Gasteiger partial charge in [-0.2, -0.15) is 0 Å². The Bertz CT molecular complexity index is 1460. The van der Waals surface area contributed by atoms with Crippen LogP contribution in [0.2, 0.25) is 0 Å². The molecule has 0 aliphatic carbocycles. The van der Waals surface area contributed by atoms with Crippen LogP contribution in [0.3, 0.4) is 0 Å². The lowest BCUT2D eigenvalue weighted by molar-refractivity contribution is -0.870. The molecule has 8 nitrogen and oxygen atoms in total. The van der Waals surface area contributed by atoms with Crippen molar-refractivity contribution in [1.82, 2.24) is 5.32 Å². The van der Waals surface area contributed by atoms with Crippen molar-refractivity contribution in [3.8, 4) is 0 Å². The van der Waals surface area contributed by atoms with Gasteiger partial charge in [-0.3, -0.25) is 13.8 Å². The van der Waals surface area contributed by atoms with Crippen molar-refractivity contribution in [2.45, 2.75) is 187 Å². The Labute approximate surface area is 399 Å². The van der Waals surface area contributed by atoms with Crippen LogP contribution >= 0.6 is 7.82 Å². The molecule has 0 saturated heterocycles. The lowest BCUT2D eigenvalue weighted by atomic mass is 10.0. The summed E-state index contributed by atoms with van der Waals surface area (Å²) in [6, 6.07) is -0.791. The minimum absolute atomic E-state index is 0.0588.